The summed E-state index contributed by atoms with van der Waals surface area (Å²) in [5, 5.41) is 22.0. The quantitative estimate of drug-likeness (QED) is 0.320. The molecule has 0 unspecified atom stereocenters. The maximum absolute atomic E-state index is 10.0. The zero-order chi connectivity index (χ0) is 20.1. The molecule has 0 atom stereocenters. The molecule has 1 aliphatic carbocycles. The summed E-state index contributed by atoms with van der Waals surface area (Å²) in [6.07, 6.45) is 0.647. The van der Waals surface area contributed by atoms with Crippen LogP contribution in [0.1, 0.15) is 22.3 Å². The van der Waals surface area contributed by atoms with E-state index in [4.69, 9.17) is 5.73 Å². The van der Waals surface area contributed by atoms with Gasteiger partial charge in [0, 0.05) is 22.0 Å². The molecule has 0 aromatic heterocycles. The first-order chi connectivity index (χ1) is 14.2. The first-order valence-electron chi connectivity index (χ1n) is 9.20. The lowest BCUT2D eigenvalue weighted by Crippen LogP contribution is -2.03. The van der Waals surface area contributed by atoms with Gasteiger partial charge in [0.05, 0.1) is 16.8 Å². The average Bonchev–Trinajstić information content (AvgIpc) is 3.13. The Morgan fingerprint density at radius 1 is 0.759 bits per heavy atom. The highest BCUT2D eigenvalue weighted by Gasteiger charge is 2.31. The molecule has 0 radical (unpaired) electrons. The van der Waals surface area contributed by atoms with Crippen LogP contribution >= 0.6 is 15.9 Å². The van der Waals surface area contributed by atoms with Gasteiger partial charge in [-0.05, 0) is 39.1 Å². The molecule has 0 bridgehead atoms. The topological polar surface area (TPSA) is 73.6 Å². The number of hydrogen-bond acceptors (Lipinski definition) is 3. The van der Waals surface area contributed by atoms with E-state index in [-0.39, 0.29) is 5.69 Å². The van der Waals surface area contributed by atoms with Crippen LogP contribution < -0.4 is 5.73 Å². The van der Waals surface area contributed by atoms with Gasteiger partial charge in [0.25, 0.3) is 0 Å². The summed E-state index contributed by atoms with van der Waals surface area (Å²) in [5.74, 6) is 0. The highest BCUT2D eigenvalue weighted by Crippen LogP contribution is 2.50. The minimum Gasteiger partial charge on any atom is -0.397 e. The minimum atomic E-state index is 0.254. The lowest BCUT2D eigenvalue weighted by atomic mass is 9.85. The van der Waals surface area contributed by atoms with Gasteiger partial charge in [0.15, 0.2) is 0 Å². The number of halogens is 1. The number of nitrogens with two attached hydrogens (primary N) is 1. The molecule has 136 valence electrons. The third-order valence-corrected chi connectivity index (χ3v) is 6.41. The molecule has 5 rings (SSSR count). The van der Waals surface area contributed by atoms with Crippen LogP contribution in [0.25, 0.3) is 33.0 Å². The van der Waals surface area contributed by atoms with Crippen LogP contribution in [0.15, 0.2) is 65.1 Å². The number of nitrogen functional groups attached to an aromatic ring is 1. The van der Waals surface area contributed by atoms with Crippen molar-refractivity contribution in [3.8, 4) is 34.4 Å². The fourth-order valence-corrected chi connectivity index (χ4v) is 4.92. The van der Waals surface area contributed by atoms with Crippen LogP contribution in [-0.4, -0.2) is 0 Å². The molecule has 1 aliphatic rings. The van der Waals surface area contributed by atoms with E-state index in [1.165, 1.54) is 0 Å². The van der Waals surface area contributed by atoms with Gasteiger partial charge in [-0.25, -0.2) is 0 Å². The second kappa shape index (κ2) is 6.48. The molecule has 4 heteroatoms. The number of fused-ring (bicyclic) bond motifs is 4. The van der Waals surface area contributed by atoms with E-state index >= 15 is 0 Å². The van der Waals surface area contributed by atoms with Crippen molar-refractivity contribution in [2.24, 2.45) is 0 Å². The number of anilines is 1. The predicted octanol–water partition coefficient (Wildman–Crippen LogP) is 6.17. The van der Waals surface area contributed by atoms with Crippen molar-refractivity contribution < 1.29 is 0 Å². The Kier molecular flexibility index (Phi) is 3.91. The molecule has 3 nitrogen and oxygen atoms in total. The van der Waals surface area contributed by atoms with Crippen molar-refractivity contribution in [3.63, 3.8) is 0 Å². The van der Waals surface area contributed by atoms with Gasteiger partial charge in [-0.2, -0.15) is 10.5 Å². The van der Waals surface area contributed by atoms with E-state index < -0.39 is 0 Å². The molecule has 4 aromatic rings. The smallest absolute Gasteiger partial charge is 0.102 e. The van der Waals surface area contributed by atoms with Gasteiger partial charge in [-0.1, -0.05) is 70.5 Å². The van der Waals surface area contributed by atoms with E-state index in [1.54, 1.807) is 0 Å². The first kappa shape index (κ1) is 17.5. The summed E-state index contributed by atoms with van der Waals surface area (Å²) in [6, 6.07) is 24.7. The summed E-state index contributed by atoms with van der Waals surface area (Å²) in [6.45, 7) is 0. The van der Waals surface area contributed by atoms with Gasteiger partial charge >= 0.3 is 0 Å². The lowest BCUT2D eigenvalue weighted by molar-refractivity contribution is 1.24. The first-order valence-corrected chi connectivity index (χ1v) is 9.99. The monoisotopic (exact) mass is 435 g/mol. The molecule has 0 spiro atoms. The largest absolute Gasteiger partial charge is 0.397 e. The summed E-state index contributed by atoms with van der Waals surface area (Å²) >= 11 is 3.65. The van der Waals surface area contributed by atoms with Gasteiger partial charge in [-0.3, -0.25) is 0 Å². The van der Waals surface area contributed by atoms with E-state index in [0.717, 1.165) is 48.6 Å². The number of nitriles is 2. The highest BCUT2D eigenvalue weighted by molar-refractivity contribution is 9.10. The van der Waals surface area contributed by atoms with Crippen molar-refractivity contribution in [2.75, 3.05) is 5.73 Å². The zero-order valence-electron chi connectivity index (χ0n) is 15.3. The third kappa shape index (κ3) is 2.40. The van der Waals surface area contributed by atoms with Crippen molar-refractivity contribution in [1.29, 1.82) is 10.5 Å². The maximum Gasteiger partial charge on any atom is 0.102 e. The van der Waals surface area contributed by atoms with Crippen molar-refractivity contribution in [1.82, 2.24) is 0 Å². The normalized spacial score (nSPS) is 11.6. The predicted molar refractivity (Wildman–Crippen MR) is 119 cm³/mol. The number of nitrogens with zero attached hydrogens (tertiary/aromatic N) is 2. The average molecular weight is 436 g/mol. The fourth-order valence-electron chi connectivity index (χ4n) is 4.42. The second-order valence-corrected chi connectivity index (χ2v) is 7.94. The molecular weight excluding hydrogens is 422 g/mol. The molecule has 0 amide bonds. The van der Waals surface area contributed by atoms with E-state index in [9.17, 15) is 10.5 Å². The van der Waals surface area contributed by atoms with Crippen LogP contribution in [-0.2, 0) is 6.42 Å². The highest BCUT2D eigenvalue weighted by atomic mass is 79.9. The van der Waals surface area contributed by atoms with E-state index in [2.05, 4.69) is 46.3 Å². The van der Waals surface area contributed by atoms with Gasteiger partial charge in [-0.15, -0.1) is 0 Å². The van der Waals surface area contributed by atoms with Crippen molar-refractivity contribution in [3.05, 3.63) is 87.4 Å². The SMILES string of the molecule is N#Cc1c(N)c(C#N)c(-c2cccc3ccccc23)c2c1-c1cccc(Br)c1C2. The number of rotatable bonds is 1. The molecule has 0 saturated carbocycles. The Morgan fingerprint density at radius 3 is 2.14 bits per heavy atom. The number of benzene rings is 4. The van der Waals surface area contributed by atoms with Crippen LogP contribution in [0.2, 0.25) is 0 Å². The maximum atomic E-state index is 10.0. The molecule has 0 fully saturated rings. The molecule has 0 saturated heterocycles. The standard InChI is InChI=1S/C25H14BrN3/c26-22-10-4-9-17-18(22)11-19-23(20(12-27)25(29)21(13-28)24(17)19)16-8-3-6-14-5-1-2-7-15(14)16/h1-10H,11,29H2. The Morgan fingerprint density at radius 2 is 1.38 bits per heavy atom. The summed E-state index contributed by atoms with van der Waals surface area (Å²) in [7, 11) is 0. The molecule has 2 N–H and O–H groups in total. The van der Waals surface area contributed by atoms with Gasteiger partial charge in [0.2, 0.25) is 0 Å². The molecule has 0 heterocycles. The van der Waals surface area contributed by atoms with Gasteiger partial charge in [0.1, 0.15) is 12.1 Å². The van der Waals surface area contributed by atoms with E-state index in [1.807, 2.05) is 42.5 Å². The van der Waals surface area contributed by atoms with Crippen molar-refractivity contribution in [2.45, 2.75) is 6.42 Å². The Hall–Kier alpha value is -3.60. The lowest BCUT2D eigenvalue weighted by Gasteiger charge is -2.17. The van der Waals surface area contributed by atoms with Crippen LogP contribution in [0.3, 0.4) is 0 Å². The minimum absolute atomic E-state index is 0.254. The molecular formula is C25H14BrN3. The molecule has 4 aromatic carbocycles. The van der Waals surface area contributed by atoms with Crippen LogP contribution in [0, 0.1) is 22.7 Å². The Labute approximate surface area is 176 Å². The van der Waals surface area contributed by atoms with Crippen molar-refractivity contribution >= 4 is 32.4 Å². The molecule has 29 heavy (non-hydrogen) atoms. The summed E-state index contributed by atoms with van der Waals surface area (Å²) in [4.78, 5) is 0. The summed E-state index contributed by atoms with van der Waals surface area (Å²) < 4.78 is 0.996. The third-order valence-electron chi connectivity index (χ3n) is 5.67. The summed E-state index contributed by atoms with van der Waals surface area (Å²) in [5.41, 5.74) is 13.2. The fraction of sp³-hybridized carbons (Fsp3) is 0.0400. The second-order valence-electron chi connectivity index (χ2n) is 7.09. The van der Waals surface area contributed by atoms with Gasteiger partial charge < -0.3 is 5.73 Å². The molecule has 0 aliphatic heterocycles. The Balaban J connectivity index is 1.97. The Bertz CT molecular complexity index is 1420. The van der Waals surface area contributed by atoms with Crippen LogP contribution in [0.5, 0.6) is 0 Å². The number of hydrogen-bond donors (Lipinski definition) is 1. The van der Waals surface area contributed by atoms with Crippen LogP contribution in [0.4, 0.5) is 5.69 Å². The van der Waals surface area contributed by atoms with E-state index in [0.29, 0.717) is 17.5 Å². The zero-order valence-corrected chi connectivity index (χ0v) is 16.9.